The molecule has 0 aromatic heterocycles. The molecule has 7 heteroatoms. The van der Waals surface area contributed by atoms with Crippen molar-refractivity contribution in [2.75, 3.05) is 33.0 Å². The van der Waals surface area contributed by atoms with Gasteiger partial charge in [0.2, 0.25) is 0 Å². The Balaban J connectivity index is 1.68. The first-order chi connectivity index (χ1) is 12.6. The maximum absolute atomic E-state index is 12.9. The lowest BCUT2D eigenvalue weighted by atomic mass is 10.1. The maximum Gasteiger partial charge on any atom is 0.323 e. The average molecular weight is 363 g/mol. The second-order valence-corrected chi connectivity index (χ2v) is 6.64. The lowest BCUT2D eigenvalue weighted by molar-refractivity contribution is -0.138. The van der Waals surface area contributed by atoms with Crippen molar-refractivity contribution in [2.45, 2.75) is 37.8 Å². The predicted octanol–water partition coefficient (Wildman–Crippen LogP) is 1.95. The first kappa shape index (κ1) is 18.7. The number of carbonyl (C=O) groups excluding carboxylic acids is 1. The van der Waals surface area contributed by atoms with E-state index in [2.05, 4.69) is 0 Å². The number of carboxylic acids is 1. The van der Waals surface area contributed by atoms with Crippen molar-refractivity contribution < 1.29 is 28.9 Å². The highest BCUT2D eigenvalue weighted by molar-refractivity contribution is 5.96. The third-order valence-corrected chi connectivity index (χ3v) is 4.74. The van der Waals surface area contributed by atoms with Crippen LogP contribution in [0.3, 0.4) is 0 Å². The topological polar surface area (TPSA) is 85.3 Å². The molecule has 1 aromatic rings. The fourth-order valence-corrected chi connectivity index (χ4v) is 3.36. The van der Waals surface area contributed by atoms with Gasteiger partial charge in [0.15, 0.2) is 0 Å². The van der Waals surface area contributed by atoms with Gasteiger partial charge in [0.05, 0.1) is 6.10 Å². The molecule has 3 rings (SSSR count). The van der Waals surface area contributed by atoms with Crippen molar-refractivity contribution in [1.82, 2.24) is 4.90 Å². The Hall–Kier alpha value is -2.12. The number of hydrogen-bond donors (Lipinski definition) is 1. The number of hydrogen-bond acceptors (Lipinski definition) is 5. The molecule has 1 aromatic carbocycles. The van der Waals surface area contributed by atoms with Gasteiger partial charge >= 0.3 is 5.97 Å². The van der Waals surface area contributed by atoms with E-state index in [1.54, 1.807) is 24.3 Å². The average Bonchev–Trinajstić information content (AvgIpc) is 3.18. The Labute approximate surface area is 152 Å². The normalized spacial score (nSPS) is 20.7. The number of ether oxygens (including phenoxy) is 3. The number of amides is 1. The van der Waals surface area contributed by atoms with E-state index in [0.717, 1.165) is 19.4 Å². The standard InChI is InChI=1S/C19H25NO6/c21-18(22)12-20(15-6-9-24-10-7-15)19(23)14-3-1-4-16(11-14)26-13-17-5-2-8-25-17/h1,3-4,11,15,17H,2,5-10,12-13H2,(H,21,22)/t17-/m0/s1. The van der Waals surface area contributed by atoms with Crippen LogP contribution < -0.4 is 4.74 Å². The highest BCUT2D eigenvalue weighted by Gasteiger charge is 2.28. The second kappa shape index (κ2) is 9.00. The maximum atomic E-state index is 12.9. The molecule has 1 amide bonds. The van der Waals surface area contributed by atoms with Crippen LogP contribution in [0.4, 0.5) is 0 Å². The molecule has 2 fully saturated rings. The van der Waals surface area contributed by atoms with Crippen LogP contribution in [0.25, 0.3) is 0 Å². The predicted molar refractivity (Wildman–Crippen MR) is 93.4 cm³/mol. The molecule has 0 unspecified atom stereocenters. The van der Waals surface area contributed by atoms with Gasteiger partial charge in [-0.1, -0.05) is 6.07 Å². The molecule has 26 heavy (non-hydrogen) atoms. The Morgan fingerprint density at radius 2 is 2.00 bits per heavy atom. The first-order valence-electron chi connectivity index (χ1n) is 9.08. The zero-order valence-electron chi connectivity index (χ0n) is 14.8. The largest absolute Gasteiger partial charge is 0.491 e. The van der Waals surface area contributed by atoms with Crippen molar-refractivity contribution in [1.29, 1.82) is 0 Å². The van der Waals surface area contributed by atoms with Crippen LogP contribution in [0.5, 0.6) is 5.75 Å². The van der Waals surface area contributed by atoms with E-state index in [1.807, 2.05) is 0 Å². The fourth-order valence-electron chi connectivity index (χ4n) is 3.36. The van der Waals surface area contributed by atoms with Crippen LogP contribution in [0.2, 0.25) is 0 Å². The molecule has 1 atom stereocenters. The van der Waals surface area contributed by atoms with E-state index in [1.165, 1.54) is 4.90 Å². The van der Waals surface area contributed by atoms with Crippen LogP contribution in [0.1, 0.15) is 36.0 Å². The third-order valence-electron chi connectivity index (χ3n) is 4.74. The van der Waals surface area contributed by atoms with Crippen LogP contribution in [0, 0.1) is 0 Å². The Morgan fingerprint density at radius 3 is 2.69 bits per heavy atom. The molecular formula is C19H25NO6. The van der Waals surface area contributed by atoms with Gasteiger partial charge in [-0.25, -0.2) is 0 Å². The van der Waals surface area contributed by atoms with E-state index < -0.39 is 5.97 Å². The Kier molecular flexibility index (Phi) is 6.46. The molecule has 0 radical (unpaired) electrons. The van der Waals surface area contributed by atoms with Gasteiger partial charge in [0.1, 0.15) is 18.9 Å². The van der Waals surface area contributed by atoms with Gasteiger partial charge in [-0.05, 0) is 43.9 Å². The molecule has 0 aliphatic carbocycles. The summed E-state index contributed by atoms with van der Waals surface area (Å²) in [6.45, 7) is 1.99. The van der Waals surface area contributed by atoms with Gasteiger partial charge in [0, 0.05) is 31.4 Å². The number of nitrogens with zero attached hydrogens (tertiary/aromatic N) is 1. The van der Waals surface area contributed by atoms with Crippen LogP contribution in [-0.2, 0) is 14.3 Å². The highest BCUT2D eigenvalue weighted by atomic mass is 16.5. The molecule has 2 heterocycles. The zero-order valence-corrected chi connectivity index (χ0v) is 14.8. The minimum atomic E-state index is -1.02. The summed E-state index contributed by atoms with van der Waals surface area (Å²) in [6.07, 6.45) is 3.42. The molecule has 2 aliphatic heterocycles. The van der Waals surface area contributed by atoms with Crippen molar-refractivity contribution in [2.24, 2.45) is 0 Å². The van der Waals surface area contributed by atoms with Crippen LogP contribution in [-0.4, -0.2) is 67.0 Å². The summed E-state index contributed by atoms with van der Waals surface area (Å²) in [6, 6.07) is 6.78. The molecule has 1 N–H and O–H groups in total. The van der Waals surface area contributed by atoms with E-state index in [4.69, 9.17) is 14.2 Å². The van der Waals surface area contributed by atoms with Gasteiger partial charge in [-0.2, -0.15) is 0 Å². The van der Waals surface area contributed by atoms with Crippen molar-refractivity contribution in [3.05, 3.63) is 29.8 Å². The Morgan fingerprint density at radius 1 is 1.19 bits per heavy atom. The van der Waals surface area contributed by atoms with E-state index >= 15 is 0 Å². The van der Waals surface area contributed by atoms with E-state index in [0.29, 0.717) is 44.0 Å². The lowest BCUT2D eigenvalue weighted by Crippen LogP contribution is -2.46. The second-order valence-electron chi connectivity index (χ2n) is 6.64. The summed E-state index contributed by atoms with van der Waals surface area (Å²) < 4.78 is 16.6. The number of carboxylic acid groups (broad SMARTS) is 1. The molecule has 0 saturated carbocycles. The van der Waals surface area contributed by atoms with Crippen molar-refractivity contribution in [3.8, 4) is 5.75 Å². The van der Waals surface area contributed by atoms with Crippen LogP contribution >= 0.6 is 0 Å². The molecule has 2 saturated heterocycles. The molecular weight excluding hydrogens is 338 g/mol. The SMILES string of the molecule is O=C(O)CN(C(=O)c1cccc(OC[C@@H]2CCCO2)c1)C1CCOCC1. The quantitative estimate of drug-likeness (QED) is 0.797. The minimum Gasteiger partial charge on any atom is -0.491 e. The summed E-state index contributed by atoms with van der Waals surface area (Å²) in [5.74, 6) is -0.717. The zero-order chi connectivity index (χ0) is 18.4. The summed E-state index contributed by atoms with van der Waals surface area (Å²) in [4.78, 5) is 25.6. The molecule has 0 spiro atoms. The summed E-state index contributed by atoms with van der Waals surface area (Å²) >= 11 is 0. The smallest absolute Gasteiger partial charge is 0.323 e. The monoisotopic (exact) mass is 363 g/mol. The Bertz CT molecular complexity index is 622. The van der Waals surface area contributed by atoms with E-state index in [9.17, 15) is 14.7 Å². The number of rotatable bonds is 7. The minimum absolute atomic E-state index is 0.0973. The fraction of sp³-hybridized carbons (Fsp3) is 0.579. The lowest BCUT2D eigenvalue weighted by Gasteiger charge is -2.33. The van der Waals surface area contributed by atoms with Gasteiger partial charge in [0.25, 0.3) is 5.91 Å². The van der Waals surface area contributed by atoms with E-state index in [-0.39, 0.29) is 24.6 Å². The first-order valence-corrected chi connectivity index (χ1v) is 9.08. The van der Waals surface area contributed by atoms with Gasteiger partial charge in [-0.3, -0.25) is 9.59 Å². The molecule has 142 valence electrons. The highest BCUT2D eigenvalue weighted by Crippen LogP contribution is 2.21. The summed E-state index contributed by atoms with van der Waals surface area (Å²) in [5.41, 5.74) is 0.433. The summed E-state index contributed by atoms with van der Waals surface area (Å²) in [7, 11) is 0. The summed E-state index contributed by atoms with van der Waals surface area (Å²) in [5, 5.41) is 9.21. The molecule has 7 nitrogen and oxygen atoms in total. The van der Waals surface area contributed by atoms with Crippen molar-refractivity contribution >= 4 is 11.9 Å². The van der Waals surface area contributed by atoms with Crippen LogP contribution in [0.15, 0.2) is 24.3 Å². The number of benzene rings is 1. The van der Waals surface area contributed by atoms with Gasteiger partial charge in [-0.15, -0.1) is 0 Å². The third kappa shape index (κ3) is 4.95. The van der Waals surface area contributed by atoms with Gasteiger partial charge < -0.3 is 24.2 Å². The number of carbonyl (C=O) groups is 2. The number of aliphatic carboxylic acids is 1. The van der Waals surface area contributed by atoms with Crippen molar-refractivity contribution in [3.63, 3.8) is 0 Å². The molecule has 0 bridgehead atoms. The molecule has 2 aliphatic rings.